The predicted octanol–water partition coefficient (Wildman–Crippen LogP) is 3.95. The van der Waals surface area contributed by atoms with Crippen LogP contribution in [0, 0.1) is 0 Å². The number of hydrogen-bond donors (Lipinski definition) is 1. The van der Waals surface area contributed by atoms with Crippen molar-refractivity contribution in [3.63, 3.8) is 0 Å². The smallest absolute Gasteiger partial charge is 0.407 e. The number of nitrogens with zero attached hydrogens (tertiary/aromatic N) is 1. The van der Waals surface area contributed by atoms with Gasteiger partial charge in [-0.25, -0.2) is 4.79 Å². The van der Waals surface area contributed by atoms with Crippen molar-refractivity contribution in [1.82, 2.24) is 10.3 Å². The van der Waals surface area contributed by atoms with Crippen molar-refractivity contribution in [3.05, 3.63) is 41.0 Å². The van der Waals surface area contributed by atoms with Gasteiger partial charge in [0, 0.05) is 34.1 Å². The topological polar surface area (TPSA) is 60.5 Å². The fraction of sp³-hybridized carbons (Fsp3) is 0.444. The SMILES string of the molecule is CC(C)(C)OC(=O)NCC1OCCc2sc(-c3cccnc3)cc21. The highest BCUT2D eigenvalue weighted by molar-refractivity contribution is 7.15. The number of ether oxygens (including phenoxy) is 2. The maximum Gasteiger partial charge on any atom is 0.407 e. The molecule has 0 saturated carbocycles. The van der Waals surface area contributed by atoms with Crippen LogP contribution in [0.2, 0.25) is 0 Å². The number of thiophene rings is 1. The second-order valence-electron chi connectivity index (χ2n) is 6.72. The highest BCUT2D eigenvalue weighted by atomic mass is 32.1. The first-order chi connectivity index (χ1) is 11.4. The summed E-state index contributed by atoms with van der Waals surface area (Å²) in [5, 5.41) is 2.80. The Morgan fingerprint density at radius 1 is 1.50 bits per heavy atom. The lowest BCUT2D eigenvalue weighted by Gasteiger charge is -2.25. The molecular weight excluding hydrogens is 324 g/mol. The lowest BCUT2D eigenvalue weighted by molar-refractivity contribution is 0.0296. The first kappa shape index (κ1) is 16.9. The monoisotopic (exact) mass is 346 g/mol. The summed E-state index contributed by atoms with van der Waals surface area (Å²) in [7, 11) is 0. The van der Waals surface area contributed by atoms with Crippen molar-refractivity contribution >= 4 is 17.4 Å². The zero-order chi connectivity index (χ0) is 17.2. The molecule has 0 aliphatic carbocycles. The van der Waals surface area contributed by atoms with Crippen molar-refractivity contribution in [1.29, 1.82) is 0 Å². The number of pyridine rings is 1. The third-order valence-corrected chi connectivity index (χ3v) is 4.87. The van der Waals surface area contributed by atoms with Gasteiger partial charge in [-0.15, -0.1) is 11.3 Å². The Balaban J connectivity index is 1.70. The largest absolute Gasteiger partial charge is 0.444 e. The maximum absolute atomic E-state index is 11.8. The van der Waals surface area contributed by atoms with Gasteiger partial charge in [-0.05, 0) is 38.5 Å². The Bertz CT molecular complexity index is 707. The van der Waals surface area contributed by atoms with Gasteiger partial charge < -0.3 is 14.8 Å². The molecule has 1 atom stereocenters. The third-order valence-electron chi connectivity index (χ3n) is 3.61. The molecule has 1 N–H and O–H groups in total. The van der Waals surface area contributed by atoms with E-state index < -0.39 is 11.7 Å². The standard InChI is InChI=1S/C18H22N2O3S/c1-18(2,3)23-17(21)20-11-14-13-9-16(12-5-4-7-19-10-12)24-15(13)6-8-22-14/h4-5,7,9-10,14H,6,8,11H2,1-3H3,(H,20,21). The first-order valence-corrected chi connectivity index (χ1v) is 8.85. The fourth-order valence-electron chi connectivity index (χ4n) is 2.60. The minimum absolute atomic E-state index is 0.136. The molecular formula is C18H22N2O3S. The van der Waals surface area contributed by atoms with Crippen molar-refractivity contribution < 1.29 is 14.3 Å². The number of rotatable bonds is 3. The second-order valence-corrected chi connectivity index (χ2v) is 7.86. The Morgan fingerprint density at radius 2 is 2.33 bits per heavy atom. The van der Waals surface area contributed by atoms with E-state index in [0.717, 1.165) is 17.5 Å². The van der Waals surface area contributed by atoms with Crippen molar-refractivity contribution in [2.45, 2.75) is 38.9 Å². The molecule has 1 aliphatic heterocycles. The molecule has 0 bridgehead atoms. The van der Waals surface area contributed by atoms with E-state index in [-0.39, 0.29) is 6.10 Å². The molecule has 0 aromatic carbocycles. The molecule has 6 heteroatoms. The summed E-state index contributed by atoms with van der Waals surface area (Å²) in [6, 6.07) is 6.14. The Hall–Kier alpha value is -1.92. The zero-order valence-corrected chi connectivity index (χ0v) is 15.0. The highest BCUT2D eigenvalue weighted by Gasteiger charge is 2.25. The van der Waals surface area contributed by atoms with Gasteiger partial charge in [-0.3, -0.25) is 4.98 Å². The lowest BCUT2D eigenvalue weighted by Crippen LogP contribution is -2.36. The van der Waals surface area contributed by atoms with Crippen LogP contribution in [0.3, 0.4) is 0 Å². The van der Waals surface area contributed by atoms with E-state index in [4.69, 9.17) is 9.47 Å². The molecule has 5 nitrogen and oxygen atoms in total. The summed E-state index contributed by atoms with van der Waals surface area (Å²) in [6.07, 6.45) is 3.99. The number of fused-ring (bicyclic) bond motifs is 1. The lowest BCUT2D eigenvalue weighted by atomic mass is 10.0. The Kier molecular flexibility index (Phi) is 4.87. The van der Waals surface area contributed by atoms with Gasteiger partial charge in [-0.1, -0.05) is 6.07 Å². The second kappa shape index (κ2) is 6.91. The fourth-order valence-corrected chi connectivity index (χ4v) is 3.79. The van der Waals surface area contributed by atoms with Crippen LogP contribution in [0.4, 0.5) is 4.79 Å². The van der Waals surface area contributed by atoms with Crippen molar-refractivity contribution in [2.24, 2.45) is 0 Å². The van der Waals surface area contributed by atoms with E-state index >= 15 is 0 Å². The summed E-state index contributed by atoms with van der Waals surface area (Å²) in [5.41, 5.74) is 1.76. The third kappa shape index (κ3) is 4.13. The summed E-state index contributed by atoms with van der Waals surface area (Å²) in [4.78, 5) is 18.5. The number of hydrogen-bond acceptors (Lipinski definition) is 5. The maximum atomic E-state index is 11.8. The van der Waals surface area contributed by atoms with Crippen LogP contribution in [-0.2, 0) is 15.9 Å². The molecule has 3 heterocycles. The Morgan fingerprint density at radius 3 is 3.04 bits per heavy atom. The average Bonchev–Trinajstić information content (AvgIpc) is 2.97. The van der Waals surface area contributed by atoms with Crippen LogP contribution in [0.15, 0.2) is 30.6 Å². The van der Waals surface area contributed by atoms with Gasteiger partial charge in [0.25, 0.3) is 0 Å². The van der Waals surface area contributed by atoms with E-state index in [1.54, 1.807) is 17.5 Å². The van der Waals surface area contributed by atoms with Crippen LogP contribution >= 0.6 is 11.3 Å². The molecule has 1 unspecified atom stereocenters. The molecule has 1 aliphatic rings. The number of aromatic nitrogens is 1. The van der Waals surface area contributed by atoms with E-state index in [1.165, 1.54) is 9.75 Å². The number of alkyl carbamates (subject to hydrolysis) is 1. The number of carbonyl (C=O) groups excluding carboxylic acids is 1. The van der Waals surface area contributed by atoms with Crippen LogP contribution in [0.1, 0.15) is 37.3 Å². The summed E-state index contributed by atoms with van der Waals surface area (Å²) >= 11 is 1.77. The molecule has 0 radical (unpaired) electrons. The highest BCUT2D eigenvalue weighted by Crippen LogP contribution is 2.38. The molecule has 128 valence electrons. The zero-order valence-electron chi connectivity index (χ0n) is 14.2. The van der Waals surface area contributed by atoms with Crippen molar-refractivity contribution in [2.75, 3.05) is 13.2 Å². The molecule has 3 rings (SSSR count). The average molecular weight is 346 g/mol. The Labute approximate surface area is 146 Å². The van der Waals surface area contributed by atoms with Crippen LogP contribution < -0.4 is 5.32 Å². The summed E-state index contributed by atoms with van der Waals surface area (Å²) < 4.78 is 11.1. The van der Waals surface area contributed by atoms with E-state index in [9.17, 15) is 4.79 Å². The molecule has 24 heavy (non-hydrogen) atoms. The van der Waals surface area contributed by atoms with Gasteiger partial charge in [0.1, 0.15) is 11.7 Å². The van der Waals surface area contributed by atoms with Crippen LogP contribution in [0.25, 0.3) is 10.4 Å². The number of nitrogens with one attached hydrogen (secondary N) is 1. The molecule has 0 saturated heterocycles. The quantitative estimate of drug-likeness (QED) is 0.914. The van der Waals surface area contributed by atoms with Gasteiger partial charge in [0.15, 0.2) is 0 Å². The van der Waals surface area contributed by atoms with Crippen molar-refractivity contribution in [3.8, 4) is 10.4 Å². The summed E-state index contributed by atoms with van der Waals surface area (Å²) in [6.45, 7) is 6.62. The van der Waals surface area contributed by atoms with Crippen LogP contribution in [0.5, 0.6) is 0 Å². The molecule has 2 aromatic heterocycles. The van der Waals surface area contributed by atoms with Gasteiger partial charge in [-0.2, -0.15) is 0 Å². The first-order valence-electron chi connectivity index (χ1n) is 8.04. The van der Waals surface area contributed by atoms with E-state index in [0.29, 0.717) is 13.2 Å². The normalized spacial score (nSPS) is 17.2. The van der Waals surface area contributed by atoms with E-state index in [2.05, 4.69) is 22.4 Å². The van der Waals surface area contributed by atoms with Gasteiger partial charge in [0.2, 0.25) is 0 Å². The number of amides is 1. The minimum Gasteiger partial charge on any atom is -0.444 e. The minimum atomic E-state index is -0.501. The van der Waals surface area contributed by atoms with E-state index in [1.807, 2.05) is 33.0 Å². The molecule has 1 amide bonds. The molecule has 0 spiro atoms. The van der Waals surface area contributed by atoms with Gasteiger partial charge >= 0.3 is 6.09 Å². The van der Waals surface area contributed by atoms with Gasteiger partial charge in [0.05, 0.1) is 13.2 Å². The summed E-state index contributed by atoms with van der Waals surface area (Å²) in [5.74, 6) is 0. The molecule has 0 fully saturated rings. The number of carbonyl (C=O) groups is 1. The van der Waals surface area contributed by atoms with Crippen LogP contribution in [-0.4, -0.2) is 29.8 Å². The predicted molar refractivity (Wildman–Crippen MR) is 94.2 cm³/mol. The molecule has 2 aromatic rings.